The fraction of sp³-hybridized carbons (Fsp3) is 0.308. The standard InChI is InChI=1S/C13H13F2NO2/c1-16-10(7-12(14)15)13(17)9-2-3-11-8(6-9)4-5-18-11/h2-6,10,12,16H,7H2,1H3. The number of benzene rings is 1. The highest BCUT2D eigenvalue weighted by molar-refractivity contribution is 6.02. The summed E-state index contributed by atoms with van der Waals surface area (Å²) >= 11 is 0. The Morgan fingerprint density at radius 3 is 2.83 bits per heavy atom. The predicted octanol–water partition coefficient (Wildman–Crippen LogP) is 2.86. The number of nitrogens with one attached hydrogen (secondary N) is 1. The largest absolute Gasteiger partial charge is 0.464 e. The Kier molecular flexibility index (Phi) is 3.72. The van der Waals surface area contributed by atoms with Gasteiger partial charge in [-0.2, -0.15) is 0 Å². The lowest BCUT2D eigenvalue weighted by Gasteiger charge is -2.14. The van der Waals surface area contributed by atoms with Crippen molar-refractivity contribution in [2.45, 2.75) is 18.9 Å². The van der Waals surface area contributed by atoms with Gasteiger partial charge < -0.3 is 9.73 Å². The molecular formula is C13H13F2NO2. The van der Waals surface area contributed by atoms with Crippen molar-refractivity contribution in [3.8, 4) is 0 Å². The second-order valence-electron chi connectivity index (χ2n) is 4.01. The lowest BCUT2D eigenvalue weighted by atomic mass is 10.0. The highest BCUT2D eigenvalue weighted by atomic mass is 19.3. The van der Waals surface area contributed by atoms with Crippen molar-refractivity contribution in [1.82, 2.24) is 5.32 Å². The quantitative estimate of drug-likeness (QED) is 0.833. The molecule has 0 aliphatic carbocycles. The summed E-state index contributed by atoms with van der Waals surface area (Å²) < 4.78 is 29.8. The summed E-state index contributed by atoms with van der Waals surface area (Å²) in [5.74, 6) is -0.332. The molecule has 0 amide bonds. The van der Waals surface area contributed by atoms with Gasteiger partial charge in [0, 0.05) is 17.4 Å². The molecule has 1 aromatic carbocycles. The van der Waals surface area contributed by atoms with Crippen LogP contribution in [0.3, 0.4) is 0 Å². The van der Waals surface area contributed by atoms with E-state index in [-0.39, 0.29) is 5.78 Å². The van der Waals surface area contributed by atoms with E-state index in [2.05, 4.69) is 5.32 Å². The van der Waals surface area contributed by atoms with Crippen LogP contribution in [0.5, 0.6) is 0 Å². The van der Waals surface area contributed by atoms with Crippen molar-refractivity contribution in [1.29, 1.82) is 0 Å². The van der Waals surface area contributed by atoms with Crippen LogP contribution in [0.25, 0.3) is 11.0 Å². The van der Waals surface area contributed by atoms with Gasteiger partial charge in [-0.15, -0.1) is 0 Å². The lowest BCUT2D eigenvalue weighted by Crippen LogP contribution is -2.35. The third kappa shape index (κ3) is 2.56. The number of fused-ring (bicyclic) bond motifs is 1. The van der Waals surface area contributed by atoms with E-state index < -0.39 is 18.9 Å². The van der Waals surface area contributed by atoms with Crippen LogP contribution in [0.15, 0.2) is 34.9 Å². The summed E-state index contributed by atoms with van der Waals surface area (Å²) in [4.78, 5) is 12.1. The van der Waals surface area contributed by atoms with Crippen LogP contribution in [0.1, 0.15) is 16.8 Å². The number of carbonyl (C=O) groups is 1. The summed E-state index contributed by atoms with van der Waals surface area (Å²) in [5, 5.41) is 3.41. The average molecular weight is 253 g/mol. The summed E-state index contributed by atoms with van der Waals surface area (Å²) in [6.07, 6.45) is -1.48. The van der Waals surface area contributed by atoms with Gasteiger partial charge in [0.1, 0.15) is 5.58 Å². The van der Waals surface area contributed by atoms with Gasteiger partial charge in [-0.3, -0.25) is 4.79 Å². The van der Waals surface area contributed by atoms with Crippen LogP contribution >= 0.6 is 0 Å². The van der Waals surface area contributed by atoms with Crippen molar-refractivity contribution in [2.75, 3.05) is 7.05 Å². The van der Waals surface area contributed by atoms with Gasteiger partial charge in [0.2, 0.25) is 6.43 Å². The molecule has 2 aromatic rings. The van der Waals surface area contributed by atoms with Crippen LogP contribution in [0.2, 0.25) is 0 Å². The minimum atomic E-state index is -2.51. The molecule has 96 valence electrons. The molecule has 1 atom stereocenters. The molecule has 1 heterocycles. The summed E-state index contributed by atoms with van der Waals surface area (Å²) in [6, 6.07) is 5.76. The molecule has 0 spiro atoms. The zero-order chi connectivity index (χ0) is 13.1. The van der Waals surface area contributed by atoms with Crippen LogP contribution in [0, 0.1) is 0 Å². The maximum Gasteiger partial charge on any atom is 0.240 e. The third-order valence-electron chi connectivity index (χ3n) is 2.82. The topological polar surface area (TPSA) is 42.2 Å². The molecule has 1 unspecified atom stereocenters. The number of ketones is 1. The second-order valence-corrected chi connectivity index (χ2v) is 4.01. The number of Topliss-reactive ketones (excluding diaryl/α,β-unsaturated/α-hetero) is 1. The summed E-state index contributed by atoms with van der Waals surface area (Å²) in [5.41, 5.74) is 1.07. The van der Waals surface area contributed by atoms with Gasteiger partial charge in [-0.25, -0.2) is 8.78 Å². The smallest absolute Gasteiger partial charge is 0.240 e. The Hall–Kier alpha value is -1.75. The number of hydrogen-bond acceptors (Lipinski definition) is 3. The molecule has 1 aromatic heterocycles. The van der Waals surface area contributed by atoms with Crippen molar-refractivity contribution in [3.05, 3.63) is 36.1 Å². The minimum Gasteiger partial charge on any atom is -0.464 e. The number of alkyl halides is 2. The Morgan fingerprint density at radius 2 is 2.17 bits per heavy atom. The van der Waals surface area contributed by atoms with Gasteiger partial charge in [-0.1, -0.05) is 0 Å². The Labute approximate surface area is 103 Å². The maximum absolute atomic E-state index is 12.3. The first-order chi connectivity index (χ1) is 8.61. The number of rotatable bonds is 5. The first kappa shape index (κ1) is 12.7. The van der Waals surface area contributed by atoms with Crippen molar-refractivity contribution in [2.24, 2.45) is 0 Å². The zero-order valence-corrected chi connectivity index (χ0v) is 9.82. The summed E-state index contributed by atoms with van der Waals surface area (Å²) in [6.45, 7) is 0. The van der Waals surface area contributed by atoms with Gasteiger partial charge in [0.25, 0.3) is 0 Å². The third-order valence-corrected chi connectivity index (χ3v) is 2.82. The molecular weight excluding hydrogens is 240 g/mol. The van der Waals surface area contributed by atoms with Gasteiger partial charge in [0.15, 0.2) is 5.78 Å². The van der Waals surface area contributed by atoms with Gasteiger partial charge in [0.05, 0.1) is 12.3 Å². The normalized spacial score (nSPS) is 13.1. The summed E-state index contributed by atoms with van der Waals surface area (Å²) in [7, 11) is 1.50. The number of halogens is 2. The molecule has 0 saturated carbocycles. The average Bonchev–Trinajstić information content (AvgIpc) is 2.81. The molecule has 3 nitrogen and oxygen atoms in total. The van der Waals surface area contributed by atoms with Gasteiger partial charge in [-0.05, 0) is 31.3 Å². The Morgan fingerprint density at radius 1 is 1.39 bits per heavy atom. The second kappa shape index (κ2) is 5.27. The van der Waals surface area contributed by atoms with Crippen molar-refractivity contribution < 1.29 is 18.0 Å². The molecule has 1 N–H and O–H groups in total. The first-order valence-corrected chi connectivity index (χ1v) is 5.58. The van der Waals surface area contributed by atoms with E-state index in [4.69, 9.17) is 4.42 Å². The highest BCUT2D eigenvalue weighted by Crippen LogP contribution is 2.19. The molecule has 0 bridgehead atoms. The molecule has 0 fully saturated rings. The van der Waals surface area contributed by atoms with E-state index in [0.717, 1.165) is 5.39 Å². The molecule has 0 aliphatic rings. The Balaban J connectivity index is 2.25. The lowest BCUT2D eigenvalue weighted by molar-refractivity contribution is 0.0837. The van der Waals surface area contributed by atoms with Crippen molar-refractivity contribution in [3.63, 3.8) is 0 Å². The van der Waals surface area contributed by atoms with E-state index in [9.17, 15) is 13.6 Å². The minimum absolute atomic E-state index is 0.332. The molecule has 0 saturated heterocycles. The van der Waals surface area contributed by atoms with Crippen LogP contribution in [-0.4, -0.2) is 25.3 Å². The van der Waals surface area contributed by atoms with E-state index >= 15 is 0 Å². The van der Waals surface area contributed by atoms with Crippen LogP contribution in [-0.2, 0) is 0 Å². The maximum atomic E-state index is 12.3. The van der Waals surface area contributed by atoms with Crippen LogP contribution < -0.4 is 5.32 Å². The molecule has 5 heteroatoms. The molecule has 2 rings (SSSR count). The van der Waals surface area contributed by atoms with Gasteiger partial charge >= 0.3 is 0 Å². The van der Waals surface area contributed by atoms with E-state index in [0.29, 0.717) is 11.1 Å². The van der Waals surface area contributed by atoms with E-state index in [1.165, 1.54) is 13.3 Å². The van der Waals surface area contributed by atoms with E-state index in [1.54, 1.807) is 24.3 Å². The van der Waals surface area contributed by atoms with Crippen LogP contribution in [0.4, 0.5) is 8.78 Å². The fourth-order valence-electron chi connectivity index (χ4n) is 1.86. The monoisotopic (exact) mass is 253 g/mol. The highest BCUT2D eigenvalue weighted by Gasteiger charge is 2.22. The molecule has 18 heavy (non-hydrogen) atoms. The van der Waals surface area contributed by atoms with E-state index in [1.807, 2.05) is 0 Å². The molecule has 0 radical (unpaired) electrons. The molecule has 0 aliphatic heterocycles. The SMILES string of the molecule is CNC(CC(F)F)C(=O)c1ccc2occc2c1. The van der Waals surface area contributed by atoms with Crippen molar-refractivity contribution >= 4 is 16.8 Å². The Bertz CT molecular complexity index is 551. The fourth-order valence-corrected chi connectivity index (χ4v) is 1.86. The number of hydrogen-bond donors (Lipinski definition) is 1. The first-order valence-electron chi connectivity index (χ1n) is 5.58. The number of carbonyl (C=O) groups excluding carboxylic acids is 1. The number of furan rings is 1. The predicted molar refractivity (Wildman–Crippen MR) is 64.0 cm³/mol. The number of likely N-dealkylation sites (N-methyl/N-ethyl adjacent to an activating group) is 1. The zero-order valence-electron chi connectivity index (χ0n) is 9.82.